The second-order valence-electron chi connectivity index (χ2n) is 8.70. The van der Waals surface area contributed by atoms with Gasteiger partial charge >= 0.3 is 12.1 Å². The lowest BCUT2D eigenvalue weighted by Crippen LogP contribution is -2.46. The number of carbonyl (C=O) groups excluding carboxylic acids is 2. The SMILES string of the molecule is C#CCC(NC(=O)CCC(C)(C)NC(=O)OCC1c2ccccc2-c2ccccc21)C(=O)O. The second kappa shape index (κ2) is 10.2. The van der Waals surface area contributed by atoms with Crippen molar-refractivity contribution in [2.24, 2.45) is 0 Å². The van der Waals surface area contributed by atoms with Gasteiger partial charge in [-0.1, -0.05) is 48.5 Å². The van der Waals surface area contributed by atoms with E-state index in [-0.39, 0.29) is 25.4 Å². The lowest BCUT2D eigenvalue weighted by molar-refractivity contribution is -0.141. The third-order valence-corrected chi connectivity index (χ3v) is 5.72. The minimum atomic E-state index is -1.18. The van der Waals surface area contributed by atoms with Crippen LogP contribution in [0, 0.1) is 12.3 Å². The molecule has 7 heteroatoms. The first-order valence-electron chi connectivity index (χ1n) is 10.8. The molecule has 1 aliphatic rings. The van der Waals surface area contributed by atoms with Crippen molar-refractivity contribution in [3.63, 3.8) is 0 Å². The zero-order chi connectivity index (χ0) is 24.0. The number of alkyl carbamates (subject to hydrolysis) is 1. The summed E-state index contributed by atoms with van der Waals surface area (Å²) in [6.07, 6.45) is 4.81. The van der Waals surface area contributed by atoms with E-state index < -0.39 is 29.6 Å². The van der Waals surface area contributed by atoms with E-state index in [1.54, 1.807) is 13.8 Å². The zero-order valence-corrected chi connectivity index (χ0v) is 18.8. The number of rotatable bonds is 9. The molecule has 0 radical (unpaired) electrons. The van der Waals surface area contributed by atoms with Gasteiger partial charge in [-0.25, -0.2) is 9.59 Å². The fourth-order valence-electron chi connectivity index (χ4n) is 3.98. The molecule has 7 nitrogen and oxygen atoms in total. The third-order valence-electron chi connectivity index (χ3n) is 5.72. The van der Waals surface area contributed by atoms with E-state index in [4.69, 9.17) is 16.3 Å². The highest BCUT2D eigenvalue weighted by Crippen LogP contribution is 2.44. The molecular weight excluding hydrogens is 420 g/mol. The van der Waals surface area contributed by atoms with Gasteiger partial charge in [0.1, 0.15) is 12.6 Å². The molecule has 0 heterocycles. The van der Waals surface area contributed by atoms with E-state index >= 15 is 0 Å². The van der Waals surface area contributed by atoms with Crippen molar-refractivity contribution in [3.05, 3.63) is 59.7 Å². The molecule has 1 unspecified atom stereocenters. The summed E-state index contributed by atoms with van der Waals surface area (Å²) in [6, 6.07) is 15.1. The van der Waals surface area contributed by atoms with Gasteiger partial charge in [0, 0.05) is 24.3 Å². The van der Waals surface area contributed by atoms with Crippen LogP contribution in [0.25, 0.3) is 11.1 Å². The molecular formula is C26H28N2O5. The van der Waals surface area contributed by atoms with Crippen LogP contribution < -0.4 is 10.6 Å². The van der Waals surface area contributed by atoms with Gasteiger partial charge in [0.25, 0.3) is 0 Å². The normalized spacial score (nSPS) is 13.2. The number of hydrogen-bond acceptors (Lipinski definition) is 4. The number of benzene rings is 2. The first kappa shape index (κ1) is 23.9. The van der Waals surface area contributed by atoms with Gasteiger partial charge in [0.15, 0.2) is 0 Å². The van der Waals surface area contributed by atoms with Crippen LogP contribution in [-0.4, -0.2) is 41.3 Å². The quantitative estimate of drug-likeness (QED) is 0.508. The predicted octanol–water partition coefficient (Wildman–Crippen LogP) is 3.68. The largest absolute Gasteiger partial charge is 0.480 e. The number of ether oxygens (including phenoxy) is 1. The Morgan fingerprint density at radius 3 is 2.21 bits per heavy atom. The van der Waals surface area contributed by atoms with Crippen molar-refractivity contribution < 1.29 is 24.2 Å². The van der Waals surface area contributed by atoms with Crippen LogP contribution in [0.5, 0.6) is 0 Å². The minimum Gasteiger partial charge on any atom is -0.480 e. The number of hydrogen-bond donors (Lipinski definition) is 3. The Kier molecular flexibility index (Phi) is 7.39. The number of amides is 2. The van der Waals surface area contributed by atoms with Gasteiger partial charge in [-0.05, 0) is 42.5 Å². The number of terminal acetylenes is 1. The van der Waals surface area contributed by atoms with E-state index in [2.05, 4.69) is 28.7 Å². The Labute approximate surface area is 193 Å². The molecule has 0 fully saturated rings. The van der Waals surface area contributed by atoms with Gasteiger partial charge in [0.05, 0.1) is 0 Å². The number of carboxylic acid groups (broad SMARTS) is 1. The average Bonchev–Trinajstić information content (AvgIpc) is 3.09. The molecule has 2 aromatic carbocycles. The van der Waals surface area contributed by atoms with E-state index in [9.17, 15) is 14.4 Å². The molecule has 0 saturated carbocycles. The standard InChI is InChI=1S/C26H28N2O5/c1-4-9-22(24(30)31)27-23(29)14-15-26(2,3)28-25(32)33-16-21-19-12-7-5-10-17(19)18-11-6-8-13-20(18)21/h1,5-8,10-13,21-22H,9,14-16H2,2-3H3,(H,27,29)(H,28,32)(H,30,31). The second-order valence-corrected chi connectivity index (χ2v) is 8.70. The van der Waals surface area contributed by atoms with Crippen LogP contribution in [0.2, 0.25) is 0 Å². The Balaban J connectivity index is 1.53. The Hall–Kier alpha value is -3.79. The molecule has 1 atom stereocenters. The highest BCUT2D eigenvalue weighted by atomic mass is 16.5. The fraction of sp³-hybridized carbons (Fsp3) is 0.346. The van der Waals surface area contributed by atoms with Gasteiger partial charge in [-0.3, -0.25) is 4.79 Å². The molecule has 3 rings (SSSR count). The van der Waals surface area contributed by atoms with Crippen molar-refractivity contribution in [1.82, 2.24) is 10.6 Å². The minimum absolute atomic E-state index is 0.0327. The van der Waals surface area contributed by atoms with Gasteiger partial charge in [-0.15, -0.1) is 12.3 Å². The van der Waals surface area contributed by atoms with E-state index in [1.807, 2.05) is 36.4 Å². The van der Waals surface area contributed by atoms with Crippen LogP contribution in [0.3, 0.4) is 0 Å². The summed E-state index contributed by atoms with van der Waals surface area (Å²) in [5, 5.41) is 14.3. The summed E-state index contributed by atoms with van der Waals surface area (Å²) in [5.74, 6) is 0.565. The maximum Gasteiger partial charge on any atom is 0.407 e. The predicted molar refractivity (Wildman–Crippen MR) is 125 cm³/mol. The summed E-state index contributed by atoms with van der Waals surface area (Å²) in [7, 11) is 0. The van der Waals surface area contributed by atoms with Crippen LogP contribution in [0.4, 0.5) is 4.79 Å². The Morgan fingerprint density at radius 1 is 1.09 bits per heavy atom. The number of carboxylic acids is 1. The molecule has 172 valence electrons. The van der Waals surface area contributed by atoms with Crippen molar-refractivity contribution in [3.8, 4) is 23.5 Å². The van der Waals surface area contributed by atoms with E-state index in [0.717, 1.165) is 22.3 Å². The van der Waals surface area contributed by atoms with Crippen molar-refractivity contribution in [1.29, 1.82) is 0 Å². The molecule has 0 aromatic heterocycles. The summed E-state index contributed by atoms with van der Waals surface area (Å²) >= 11 is 0. The number of carbonyl (C=O) groups is 3. The molecule has 0 aliphatic heterocycles. The average molecular weight is 449 g/mol. The molecule has 0 bridgehead atoms. The van der Waals surface area contributed by atoms with Crippen molar-refractivity contribution >= 4 is 18.0 Å². The molecule has 2 aromatic rings. The maximum absolute atomic E-state index is 12.5. The smallest absolute Gasteiger partial charge is 0.407 e. The molecule has 0 spiro atoms. The van der Waals surface area contributed by atoms with E-state index in [1.165, 1.54) is 0 Å². The number of nitrogens with one attached hydrogen (secondary N) is 2. The molecule has 0 saturated heterocycles. The fourth-order valence-corrected chi connectivity index (χ4v) is 3.98. The zero-order valence-electron chi connectivity index (χ0n) is 18.8. The maximum atomic E-state index is 12.5. The van der Waals surface area contributed by atoms with E-state index in [0.29, 0.717) is 6.42 Å². The molecule has 2 amide bonds. The molecule has 33 heavy (non-hydrogen) atoms. The highest BCUT2D eigenvalue weighted by Gasteiger charge is 2.30. The first-order chi connectivity index (χ1) is 15.7. The topological polar surface area (TPSA) is 105 Å². The van der Waals surface area contributed by atoms with Crippen molar-refractivity contribution in [2.45, 2.75) is 50.6 Å². The summed E-state index contributed by atoms with van der Waals surface area (Å²) in [6.45, 7) is 3.75. The lowest BCUT2D eigenvalue weighted by atomic mass is 9.98. The highest BCUT2D eigenvalue weighted by molar-refractivity contribution is 5.84. The Morgan fingerprint density at radius 2 is 1.67 bits per heavy atom. The molecule has 3 N–H and O–H groups in total. The lowest BCUT2D eigenvalue weighted by Gasteiger charge is -2.26. The van der Waals surface area contributed by atoms with Gasteiger partial charge in [-0.2, -0.15) is 0 Å². The number of fused-ring (bicyclic) bond motifs is 3. The van der Waals surface area contributed by atoms with Crippen LogP contribution in [0.1, 0.15) is 50.2 Å². The molecule has 1 aliphatic carbocycles. The van der Waals surface area contributed by atoms with Crippen LogP contribution in [-0.2, 0) is 14.3 Å². The van der Waals surface area contributed by atoms with Crippen LogP contribution in [0.15, 0.2) is 48.5 Å². The summed E-state index contributed by atoms with van der Waals surface area (Å²) in [4.78, 5) is 35.7. The number of aliphatic carboxylic acids is 1. The van der Waals surface area contributed by atoms with Crippen molar-refractivity contribution in [2.75, 3.05) is 6.61 Å². The summed E-state index contributed by atoms with van der Waals surface area (Å²) < 4.78 is 5.56. The van der Waals surface area contributed by atoms with Crippen LogP contribution >= 0.6 is 0 Å². The monoisotopic (exact) mass is 448 g/mol. The first-order valence-corrected chi connectivity index (χ1v) is 10.8. The Bertz CT molecular complexity index is 1040. The third kappa shape index (κ3) is 5.92. The van der Waals surface area contributed by atoms with Gasteiger partial charge < -0.3 is 20.5 Å². The summed E-state index contributed by atoms with van der Waals surface area (Å²) in [5.41, 5.74) is 3.82. The van der Waals surface area contributed by atoms with Gasteiger partial charge in [0.2, 0.25) is 5.91 Å².